The van der Waals surface area contributed by atoms with Gasteiger partial charge >= 0.3 is 0 Å². The molecule has 5 aliphatic rings. The Morgan fingerprint density at radius 3 is 2.36 bits per heavy atom. The van der Waals surface area contributed by atoms with E-state index in [9.17, 15) is 4.39 Å². The first-order chi connectivity index (χ1) is 12.1. The van der Waals surface area contributed by atoms with E-state index in [1.165, 1.54) is 51.0 Å². The SMILES string of the molecule is N#Cc1cc(C2CC2)c(OCC23CC4CCC(CC(C4)C2)C3)cc1F. The molecule has 5 aliphatic carbocycles. The zero-order valence-electron chi connectivity index (χ0n) is 14.8. The van der Waals surface area contributed by atoms with Crippen molar-refractivity contribution in [2.75, 3.05) is 6.61 Å². The van der Waals surface area contributed by atoms with Crippen molar-refractivity contribution in [2.24, 2.45) is 23.2 Å². The molecule has 132 valence electrons. The maximum absolute atomic E-state index is 14.2. The van der Waals surface area contributed by atoms with Gasteiger partial charge in [-0.15, -0.1) is 0 Å². The number of ether oxygens (including phenoxy) is 1. The molecule has 3 heteroatoms. The third-order valence-electron chi connectivity index (χ3n) is 7.25. The molecule has 25 heavy (non-hydrogen) atoms. The summed E-state index contributed by atoms with van der Waals surface area (Å²) in [4.78, 5) is 0. The predicted molar refractivity (Wildman–Crippen MR) is 93.8 cm³/mol. The summed E-state index contributed by atoms with van der Waals surface area (Å²) in [6.45, 7) is 0.738. The second-order valence-corrected chi connectivity index (χ2v) is 9.30. The van der Waals surface area contributed by atoms with Crippen LogP contribution in [0.2, 0.25) is 0 Å². The summed E-state index contributed by atoms with van der Waals surface area (Å²) in [5, 5.41) is 9.12. The summed E-state index contributed by atoms with van der Waals surface area (Å²) in [5.41, 5.74) is 1.53. The number of hydrogen-bond acceptors (Lipinski definition) is 2. The van der Waals surface area contributed by atoms with Crippen molar-refractivity contribution in [3.63, 3.8) is 0 Å². The van der Waals surface area contributed by atoms with Crippen molar-refractivity contribution in [1.29, 1.82) is 5.26 Å². The average Bonchev–Trinajstić information content (AvgIpc) is 3.43. The lowest BCUT2D eigenvalue weighted by atomic mass is 9.59. The van der Waals surface area contributed by atoms with Crippen LogP contribution in [0.15, 0.2) is 12.1 Å². The number of rotatable bonds is 4. The highest BCUT2D eigenvalue weighted by Crippen LogP contribution is 2.58. The first-order valence-electron chi connectivity index (χ1n) is 10.0. The topological polar surface area (TPSA) is 33.0 Å². The molecule has 0 heterocycles. The van der Waals surface area contributed by atoms with Crippen LogP contribution in [0.1, 0.15) is 74.8 Å². The molecular formula is C22H26FNO. The minimum Gasteiger partial charge on any atom is -0.493 e. The smallest absolute Gasteiger partial charge is 0.144 e. The quantitative estimate of drug-likeness (QED) is 0.719. The number of benzene rings is 1. The van der Waals surface area contributed by atoms with Gasteiger partial charge in [-0.3, -0.25) is 0 Å². The minimum atomic E-state index is -0.440. The lowest BCUT2D eigenvalue weighted by molar-refractivity contribution is -0.00393. The summed E-state index contributed by atoms with van der Waals surface area (Å²) < 4.78 is 20.5. The largest absolute Gasteiger partial charge is 0.493 e. The van der Waals surface area contributed by atoms with Gasteiger partial charge in [0.2, 0.25) is 0 Å². The van der Waals surface area contributed by atoms with Crippen LogP contribution in [0.3, 0.4) is 0 Å². The van der Waals surface area contributed by atoms with Crippen LogP contribution < -0.4 is 4.74 Å². The molecule has 0 aliphatic heterocycles. The van der Waals surface area contributed by atoms with Gasteiger partial charge in [-0.05, 0) is 80.2 Å². The molecule has 5 fully saturated rings. The van der Waals surface area contributed by atoms with E-state index in [0.717, 1.165) is 42.8 Å². The van der Waals surface area contributed by atoms with E-state index in [1.807, 2.05) is 6.07 Å². The molecule has 2 unspecified atom stereocenters. The summed E-state index contributed by atoms with van der Waals surface area (Å²) in [6, 6.07) is 5.18. The molecule has 0 spiro atoms. The van der Waals surface area contributed by atoms with Crippen molar-refractivity contribution in [1.82, 2.24) is 0 Å². The molecule has 0 saturated heterocycles. The van der Waals surface area contributed by atoms with Crippen LogP contribution in [0.4, 0.5) is 4.39 Å². The molecule has 1 aromatic carbocycles. The molecule has 1 aromatic rings. The van der Waals surface area contributed by atoms with Crippen molar-refractivity contribution in [3.8, 4) is 11.8 Å². The third-order valence-corrected chi connectivity index (χ3v) is 7.25. The van der Waals surface area contributed by atoms with E-state index in [4.69, 9.17) is 10.00 Å². The highest BCUT2D eigenvalue weighted by atomic mass is 19.1. The highest BCUT2D eigenvalue weighted by molar-refractivity contribution is 5.46. The molecule has 4 bridgehead atoms. The lowest BCUT2D eigenvalue weighted by Gasteiger charge is -2.48. The van der Waals surface area contributed by atoms with Crippen LogP contribution in [-0.2, 0) is 0 Å². The van der Waals surface area contributed by atoms with Crippen molar-refractivity contribution in [2.45, 2.75) is 63.7 Å². The fourth-order valence-corrected chi connectivity index (χ4v) is 6.27. The molecule has 5 saturated carbocycles. The first kappa shape index (κ1) is 15.7. The Kier molecular flexibility index (Phi) is 3.59. The van der Waals surface area contributed by atoms with Gasteiger partial charge in [0.15, 0.2) is 0 Å². The molecule has 6 rings (SSSR count). The molecular weight excluding hydrogens is 313 g/mol. The van der Waals surface area contributed by atoms with E-state index in [0.29, 0.717) is 17.1 Å². The van der Waals surface area contributed by atoms with Gasteiger partial charge in [-0.2, -0.15) is 5.26 Å². The van der Waals surface area contributed by atoms with Crippen LogP contribution in [0.5, 0.6) is 5.75 Å². The number of nitriles is 1. The Bertz CT molecular complexity index is 716. The fourth-order valence-electron chi connectivity index (χ4n) is 6.27. The van der Waals surface area contributed by atoms with Crippen LogP contribution in [0.25, 0.3) is 0 Å². The van der Waals surface area contributed by atoms with Gasteiger partial charge in [0, 0.05) is 11.5 Å². The van der Waals surface area contributed by atoms with Gasteiger partial charge < -0.3 is 4.74 Å². The average molecular weight is 339 g/mol. The number of halogens is 1. The Morgan fingerprint density at radius 1 is 1.04 bits per heavy atom. The number of hydrogen-bond donors (Lipinski definition) is 0. The summed E-state index contributed by atoms with van der Waals surface area (Å²) in [5.74, 6) is 3.38. The van der Waals surface area contributed by atoms with Gasteiger partial charge in [-0.1, -0.05) is 12.8 Å². The number of fused-ring (bicyclic) bond motifs is 1. The maximum Gasteiger partial charge on any atom is 0.144 e. The maximum atomic E-state index is 14.2. The van der Waals surface area contributed by atoms with Gasteiger partial charge in [0.05, 0.1) is 12.2 Å². The Hall–Kier alpha value is -1.56. The molecule has 0 aromatic heterocycles. The lowest BCUT2D eigenvalue weighted by Crippen LogP contribution is -2.41. The van der Waals surface area contributed by atoms with Gasteiger partial charge in [-0.25, -0.2) is 4.39 Å². The molecule has 0 N–H and O–H groups in total. The minimum absolute atomic E-state index is 0.154. The number of nitrogens with zero attached hydrogens (tertiary/aromatic N) is 1. The van der Waals surface area contributed by atoms with Crippen molar-refractivity contribution >= 4 is 0 Å². The molecule has 2 atom stereocenters. The monoisotopic (exact) mass is 339 g/mol. The Balaban J connectivity index is 1.40. The van der Waals surface area contributed by atoms with E-state index in [2.05, 4.69) is 0 Å². The second-order valence-electron chi connectivity index (χ2n) is 9.30. The first-order valence-corrected chi connectivity index (χ1v) is 10.0. The molecule has 2 nitrogen and oxygen atoms in total. The Labute approximate surface area is 149 Å². The van der Waals surface area contributed by atoms with Gasteiger partial charge in [0.1, 0.15) is 17.6 Å². The highest BCUT2D eigenvalue weighted by Gasteiger charge is 2.49. The summed E-state index contributed by atoms with van der Waals surface area (Å²) in [7, 11) is 0. The second kappa shape index (κ2) is 5.73. The molecule has 0 radical (unpaired) electrons. The van der Waals surface area contributed by atoms with Crippen LogP contribution in [0, 0.1) is 40.3 Å². The van der Waals surface area contributed by atoms with E-state index < -0.39 is 5.82 Å². The van der Waals surface area contributed by atoms with E-state index in [-0.39, 0.29) is 5.56 Å². The Morgan fingerprint density at radius 2 is 1.72 bits per heavy atom. The van der Waals surface area contributed by atoms with Gasteiger partial charge in [0.25, 0.3) is 0 Å². The van der Waals surface area contributed by atoms with E-state index in [1.54, 1.807) is 6.07 Å². The summed E-state index contributed by atoms with van der Waals surface area (Å²) in [6.07, 6.45) is 11.8. The normalized spacial score (nSPS) is 36.1. The molecule has 0 amide bonds. The predicted octanol–water partition coefficient (Wildman–Crippen LogP) is 5.56. The standard InChI is InChI=1S/C22H26FNO/c23-20-8-21(19(17-3-4-17)7-18(20)12-24)25-13-22-9-14-1-2-15(10-22)6-16(5-14)11-22/h7-8,14-17H,1-6,9-11,13H2. The zero-order valence-corrected chi connectivity index (χ0v) is 14.8. The van der Waals surface area contributed by atoms with Crippen LogP contribution >= 0.6 is 0 Å². The van der Waals surface area contributed by atoms with E-state index >= 15 is 0 Å². The summed E-state index contributed by atoms with van der Waals surface area (Å²) >= 11 is 0. The fraction of sp³-hybridized carbons (Fsp3) is 0.682. The third kappa shape index (κ3) is 2.84. The van der Waals surface area contributed by atoms with Crippen molar-refractivity contribution < 1.29 is 9.13 Å². The van der Waals surface area contributed by atoms with Crippen LogP contribution in [-0.4, -0.2) is 6.61 Å². The van der Waals surface area contributed by atoms with Crippen molar-refractivity contribution in [3.05, 3.63) is 29.1 Å². The zero-order chi connectivity index (χ0) is 17.0.